The number of aromatic hydroxyl groups is 1. The lowest BCUT2D eigenvalue weighted by Crippen LogP contribution is -2.25. The van der Waals surface area contributed by atoms with Crippen LogP contribution in [0.15, 0.2) is 48.9 Å². The molecule has 0 aliphatic heterocycles. The zero-order chi connectivity index (χ0) is 15.8. The van der Waals surface area contributed by atoms with E-state index in [1.54, 1.807) is 30.7 Å². The van der Waals surface area contributed by atoms with Crippen LogP contribution in [0.1, 0.15) is 17.7 Å². The van der Waals surface area contributed by atoms with Gasteiger partial charge in [0.25, 0.3) is 0 Å². The van der Waals surface area contributed by atoms with Crippen molar-refractivity contribution >= 4 is 10.0 Å². The van der Waals surface area contributed by atoms with Crippen LogP contribution in [0, 0.1) is 0 Å². The van der Waals surface area contributed by atoms with Crippen molar-refractivity contribution < 1.29 is 13.5 Å². The van der Waals surface area contributed by atoms with Crippen molar-refractivity contribution in [1.29, 1.82) is 0 Å². The Hall–Kier alpha value is -2.12. The molecule has 0 fully saturated rings. The Bertz CT molecular complexity index is 692. The van der Waals surface area contributed by atoms with E-state index in [1.165, 1.54) is 12.1 Å². The van der Waals surface area contributed by atoms with Crippen LogP contribution in [-0.2, 0) is 23.0 Å². The molecule has 3 N–H and O–H groups in total. The van der Waals surface area contributed by atoms with Gasteiger partial charge in [-0.1, -0.05) is 24.3 Å². The predicted molar refractivity (Wildman–Crippen MR) is 84.8 cm³/mol. The third-order valence-corrected chi connectivity index (χ3v) is 4.27. The van der Waals surface area contributed by atoms with Gasteiger partial charge in [-0.3, -0.25) is 0 Å². The van der Waals surface area contributed by atoms with E-state index in [0.29, 0.717) is 0 Å². The fourth-order valence-corrected chi connectivity index (χ4v) is 2.73. The quantitative estimate of drug-likeness (QED) is 0.645. The summed E-state index contributed by atoms with van der Waals surface area (Å²) in [5, 5.41) is 9.17. The standard InChI is InChI=1S/C15H19N3O3S/c19-15-7-5-13(6-8-15)10-18-22(20,21)9-3-1-2-4-14-11-16-12-17-14/h1,3,5-8,11-12,18-19H,2,4,9-10H2,(H,16,17)/b3-1+. The van der Waals surface area contributed by atoms with Crippen molar-refractivity contribution in [3.05, 3.63) is 60.2 Å². The van der Waals surface area contributed by atoms with Crippen LogP contribution in [0.25, 0.3) is 0 Å². The number of hydrogen-bond acceptors (Lipinski definition) is 4. The lowest BCUT2D eigenvalue weighted by atomic mass is 10.2. The van der Waals surface area contributed by atoms with Crippen LogP contribution >= 0.6 is 0 Å². The molecule has 6 nitrogen and oxygen atoms in total. The second-order valence-electron chi connectivity index (χ2n) is 4.86. The van der Waals surface area contributed by atoms with E-state index in [9.17, 15) is 8.42 Å². The highest BCUT2D eigenvalue weighted by Gasteiger charge is 2.07. The van der Waals surface area contributed by atoms with E-state index in [1.807, 2.05) is 6.08 Å². The summed E-state index contributed by atoms with van der Waals surface area (Å²) < 4.78 is 26.2. The molecular weight excluding hydrogens is 302 g/mol. The summed E-state index contributed by atoms with van der Waals surface area (Å²) in [7, 11) is -3.34. The number of sulfonamides is 1. The largest absolute Gasteiger partial charge is 0.508 e. The molecule has 0 aliphatic carbocycles. The molecule has 0 atom stereocenters. The average Bonchev–Trinajstić information content (AvgIpc) is 3.00. The van der Waals surface area contributed by atoms with E-state index < -0.39 is 10.0 Å². The molecule has 0 aliphatic rings. The molecule has 22 heavy (non-hydrogen) atoms. The second kappa shape index (κ2) is 7.77. The maximum Gasteiger partial charge on any atom is 0.215 e. The molecule has 118 valence electrons. The van der Waals surface area contributed by atoms with Gasteiger partial charge in [0.1, 0.15) is 5.75 Å². The highest BCUT2D eigenvalue weighted by Crippen LogP contribution is 2.09. The minimum absolute atomic E-state index is 0.0476. The molecule has 0 amide bonds. The Labute approximate surface area is 130 Å². The summed E-state index contributed by atoms with van der Waals surface area (Å²) in [6.45, 7) is 0.213. The third kappa shape index (κ3) is 5.71. The van der Waals surface area contributed by atoms with E-state index in [-0.39, 0.29) is 18.0 Å². The van der Waals surface area contributed by atoms with Gasteiger partial charge < -0.3 is 10.1 Å². The van der Waals surface area contributed by atoms with Crippen LogP contribution < -0.4 is 4.72 Å². The van der Waals surface area contributed by atoms with Crippen molar-refractivity contribution in [2.24, 2.45) is 0 Å². The summed E-state index contributed by atoms with van der Waals surface area (Å²) in [6.07, 6.45) is 8.43. The number of phenols is 1. The number of aryl methyl sites for hydroxylation is 1. The van der Waals surface area contributed by atoms with E-state index in [0.717, 1.165) is 24.1 Å². The number of rotatable bonds is 8. The number of aromatic amines is 1. The first-order valence-corrected chi connectivity index (χ1v) is 8.58. The number of H-pyrrole nitrogens is 1. The normalized spacial score (nSPS) is 12.0. The molecule has 7 heteroatoms. The average molecular weight is 321 g/mol. The molecule has 1 heterocycles. The summed E-state index contributed by atoms with van der Waals surface area (Å²) in [4.78, 5) is 6.91. The van der Waals surface area contributed by atoms with Gasteiger partial charge in [-0.05, 0) is 30.5 Å². The first-order valence-electron chi connectivity index (χ1n) is 6.93. The second-order valence-corrected chi connectivity index (χ2v) is 6.71. The third-order valence-electron chi connectivity index (χ3n) is 3.05. The number of imidazole rings is 1. The summed E-state index contributed by atoms with van der Waals surface area (Å²) in [5.41, 5.74) is 1.82. The topological polar surface area (TPSA) is 95.1 Å². The first kappa shape index (κ1) is 16.3. The van der Waals surface area contributed by atoms with Crippen LogP contribution in [0.4, 0.5) is 0 Å². The molecular formula is C15H19N3O3S. The molecule has 1 aromatic carbocycles. The molecule has 0 saturated heterocycles. The molecule has 1 aromatic heterocycles. The SMILES string of the molecule is O=S(=O)(C/C=C/CCc1cnc[nH]1)NCc1ccc(O)cc1. The fourth-order valence-electron chi connectivity index (χ4n) is 1.84. The summed E-state index contributed by atoms with van der Waals surface area (Å²) in [6, 6.07) is 6.41. The first-order chi connectivity index (χ1) is 10.6. The highest BCUT2D eigenvalue weighted by molar-refractivity contribution is 7.89. The van der Waals surface area contributed by atoms with Gasteiger partial charge >= 0.3 is 0 Å². The maximum atomic E-state index is 11.8. The van der Waals surface area contributed by atoms with Crippen molar-refractivity contribution in [3.63, 3.8) is 0 Å². The Morgan fingerprint density at radius 3 is 2.68 bits per heavy atom. The Kier molecular flexibility index (Phi) is 5.74. The monoisotopic (exact) mass is 321 g/mol. The number of benzene rings is 1. The minimum atomic E-state index is -3.34. The van der Waals surface area contributed by atoms with Gasteiger partial charge in [-0.2, -0.15) is 0 Å². The van der Waals surface area contributed by atoms with E-state index in [2.05, 4.69) is 14.7 Å². The number of allylic oxidation sites excluding steroid dienone is 1. The Morgan fingerprint density at radius 2 is 2.00 bits per heavy atom. The van der Waals surface area contributed by atoms with Crippen molar-refractivity contribution in [2.75, 3.05) is 5.75 Å². The number of nitrogens with one attached hydrogen (secondary N) is 2. The van der Waals surface area contributed by atoms with Crippen LogP contribution in [-0.4, -0.2) is 29.2 Å². The lowest BCUT2D eigenvalue weighted by molar-refractivity contribution is 0.475. The van der Waals surface area contributed by atoms with Gasteiger partial charge in [-0.15, -0.1) is 0 Å². The predicted octanol–water partition coefficient (Wildman–Crippen LogP) is 1.72. The molecule has 2 aromatic rings. The van der Waals surface area contributed by atoms with Crippen LogP contribution in [0.5, 0.6) is 5.75 Å². The summed E-state index contributed by atoms with van der Waals surface area (Å²) in [5.74, 6) is 0.112. The zero-order valence-corrected chi connectivity index (χ0v) is 12.9. The maximum absolute atomic E-state index is 11.8. The number of nitrogens with zero attached hydrogens (tertiary/aromatic N) is 1. The van der Waals surface area contributed by atoms with Crippen molar-refractivity contribution in [3.8, 4) is 5.75 Å². The zero-order valence-electron chi connectivity index (χ0n) is 12.1. The van der Waals surface area contributed by atoms with Crippen molar-refractivity contribution in [1.82, 2.24) is 14.7 Å². The molecule has 2 rings (SSSR count). The molecule has 0 saturated carbocycles. The smallest absolute Gasteiger partial charge is 0.215 e. The van der Waals surface area contributed by atoms with Gasteiger partial charge in [0.05, 0.1) is 12.1 Å². The number of hydrogen-bond donors (Lipinski definition) is 3. The van der Waals surface area contributed by atoms with E-state index in [4.69, 9.17) is 5.11 Å². The van der Waals surface area contributed by atoms with Gasteiger partial charge in [0, 0.05) is 18.4 Å². The van der Waals surface area contributed by atoms with Gasteiger partial charge in [0.2, 0.25) is 10.0 Å². The number of aromatic nitrogens is 2. The van der Waals surface area contributed by atoms with E-state index >= 15 is 0 Å². The Morgan fingerprint density at radius 1 is 1.23 bits per heavy atom. The minimum Gasteiger partial charge on any atom is -0.508 e. The number of phenolic OH excluding ortho intramolecular Hbond substituents is 1. The summed E-state index contributed by atoms with van der Waals surface area (Å²) >= 11 is 0. The van der Waals surface area contributed by atoms with Gasteiger partial charge in [-0.25, -0.2) is 18.1 Å². The molecule has 0 radical (unpaired) electrons. The lowest BCUT2D eigenvalue weighted by Gasteiger charge is -2.04. The van der Waals surface area contributed by atoms with Crippen LogP contribution in [0.2, 0.25) is 0 Å². The molecule has 0 bridgehead atoms. The Balaban J connectivity index is 1.72. The van der Waals surface area contributed by atoms with Crippen molar-refractivity contribution in [2.45, 2.75) is 19.4 Å². The van der Waals surface area contributed by atoms with Gasteiger partial charge in [0.15, 0.2) is 0 Å². The fraction of sp³-hybridized carbons (Fsp3) is 0.267. The highest BCUT2D eigenvalue weighted by atomic mass is 32.2. The molecule has 0 unspecified atom stereocenters. The molecule has 0 spiro atoms. The van der Waals surface area contributed by atoms with Crippen LogP contribution in [0.3, 0.4) is 0 Å².